The van der Waals surface area contributed by atoms with Crippen LogP contribution in [0, 0.1) is 11.8 Å². The Hall–Kier alpha value is -2.40. The summed E-state index contributed by atoms with van der Waals surface area (Å²) in [6, 6.07) is 9.75. The third kappa shape index (κ3) is 3.82. The van der Waals surface area contributed by atoms with Crippen LogP contribution in [0.5, 0.6) is 0 Å². The first kappa shape index (κ1) is 17.4. The van der Waals surface area contributed by atoms with Gasteiger partial charge < -0.3 is 14.2 Å². The zero-order valence-electron chi connectivity index (χ0n) is 14.4. The average molecular weight is 342 g/mol. The van der Waals surface area contributed by atoms with E-state index in [1.165, 1.54) is 6.26 Å². The summed E-state index contributed by atoms with van der Waals surface area (Å²) in [5.74, 6) is -0.839. The van der Waals surface area contributed by atoms with Crippen molar-refractivity contribution >= 4 is 12.3 Å². The van der Waals surface area contributed by atoms with Crippen LogP contribution < -0.4 is 0 Å². The number of carbonyl (C=O) groups is 2. The van der Waals surface area contributed by atoms with E-state index in [9.17, 15) is 9.59 Å². The molecule has 1 aliphatic heterocycles. The molecule has 0 spiro atoms. The van der Waals surface area contributed by atoms with Crippen molar-refractivity contribution in [1.82, 2.24) is 0 Å². The zero-order valence-corrected chi connectivity index (χ0v) is 14.4. The summed E-state index contributed by atoms with van der Waals surface area (Å²) in [6.07, 6.45) is 3.91. The van der Waals surface area contributed by atoms with Crippen LogP contribution in [-0.4, -0.2) is 24.6 Å². The number of benzene rings is 1. The first-order valence-electron chi connectivity index (χ1n) is 8.47. The number of rotatable bonds is 6. The third-order valence-electron chi connectivity index (χ3n) is 4.42. The van der Waals surface area contributed by atoms with Gasteiger partial charge in [-0.25, -0.2) is 4.79 Å². The first-order valence-corrected chi connectivity index (χ1v) is 8.47. The third-order valence-corrected chi connectivity index (χ3v) is 4.42. The van der Waals surface area contributed by atoms with Gasteiger partial charge in [-0.3, -0.25) is 4.79 Å². The molecule has 0 bridgehead atoms. The van der Waals surface area contributed by atoms with Gasteiger partial charge in [0, 0.05) is 5.92 Å². The molecule has 0 saturated carbocycles. The summed E-state index contributed by atoms with van der Waals surface area (Å²) in [4.78, 5) is 23.7. The minimum absolute atomic E-state index is 0.152. The van der Waals surface area contributed by atoms with Crippen LogP contribution in [0.2, 0.25) is 0 Å². The lowest BCUT2D eigenvalue weighted by atomic mass is 9.83. The number of aldehydes is 1. The van der Waals surface area contributed by atoms with Gasteiger partial charge in [-0.15, -0.1) is 0 Å². The van der Waals surface area contributed by atoms with Crippen LogP contribution in [0.4, 0.5) is 0 Å². The molecule has 0 unspecified atom stereocenters. The number of hydrogen-bond acceptors (Lipinski definition) is 5. The van der Waals surface area contributed by atoms with Crippen LogP contribution in [0.15, 0.2) is 53.8 Å². The second-order valence-corrected chi connectivity index (χ2v) is 6.52. The molecule has 5 nitrogen and oxygen atoms in total. The number of esters is 1. The summed E-state index contributed by atoms with van der Waals surface area (Å²) >= 11 is 0. The van der Waals surface area contributed by atoms with Crippen LogP contribution >= 0.6 is 0 Å². The van der Waals surface area contributed by atoms with Gasteiger partial charge >= 0.3 is 5.97 Å². The van der Waals surface area contributed by atoms with E-state index >= 15 is 0 Å². The molecule has 132 valence electrons. The van der Waals surface area contributed by atoms with Crippen molar-refractivity contribution < 1.29 is 23.8 Å². The lowest BCUT2D eigenvalue weighted by molar-refractivity contribution is -0.163. The Labute approximate surface area is 147 Å². The molecule has 1 heterocycles. The van der Waals surface area contributed by atoms with E-state index in [0.29, 0.717) is 24.2 Å². The molecule has 3 rings (SSSR count). The molecule has 0 radical (unpaired) electrons. The van der Waals surface area contributed by atoms with Crippen molar-refractivity contribution in [3.8, 4) is 0 Å². The lowest BCUT2D eigenvalue weighted by Gasteiger charge is -2.34. The Morgan fingerprint density at radius 3 is 2.76 bits per heavy atom. The Morgan fingerprint density at radius 1 is 1.32 bits per heavy atom. The van der Waals surface area contributed by atoms with Crippen molar-refractivity contribution in [1.29, 1.82) is 0 Å². The summed E-state index contributed by atoms with van der Waals surface area (Å²) < 4.78 is 16.9. The minimum Gasteiger partial charge on any atom is -0.471 e. The quantitative estimate of drug-likeness (QED) is 0.587. The van der Waals surface area contributed by atoms with Crippen molar-refractivity contribution in [2.24, 2.45) is 11.8 Å². The molecular formula is C20H22O5. The van der Waals surface area contributed by atoms with Gasteiger partial charge in [0.05, 0.1) is 30.5 Å². The number of hydrogen-bond donors (Lipinski definition) is 0. The van der Waals surface area contributed by atoms with E-state index in [0.717, 1.165) is 11.8 Å². The summed E-state index contributed by atoms with van der Waals surface area (Å²) in [5.41, 5.74) is 2.10. The summed E-state index contributed by atoms with van der Waals surface area (Å²) in [6.45, 7) is 3.98. The Morgan fingerprint density at radius 2 is 2.08 bits per heavy atom. The van der Waals surface area contributed by atoms with Crippen LogP contribution in [0.25, 0.3) is 0 Å². The molecule has 1 aromatic carbocycles. The molecular weight excluding hydrogens is 320 g/mol. The fraction of sp³-hybridized carbons (Fsp3) is 0.400. The molecule has 0 saturated heterocycles. The zero-order chi connectivity index (χ0) is 17.8. The maximum atomic E-state index is 12.3. The highest BCUT2D eigenvalue weighted by atomic mass is 16.7. The molecule has 3 atom stereocenters. The SMILES string of the molecule is CC(C)OC(=O)C1=CO[C@@H](OCc2ccccc2)[C@@H]2C(C=O)=CC[C@H]12. The predicted molar refractivity (Wildman–Crippen MR) is 91.2 cm³/mol. The van der Waals surface area contributed by atoms with Crippen molar-refractivity contribution in [3.63, 3.8) is 0 Å². The maximum absolute atomic E-state index is 12.3. The van der Waals surface area contributed by atoms with E-state index in [4.69, 9.17) is 14.2 Å². The normalized spacial score (nSPS) is 24.8. The molecule has 0 N–H and O–H groups in total. The number of allylic oxidation sites excluding steroid dienone is 1. The largest absolute Gasteiger partial charge is 0.471 e. The number of ether oxygens (including phenoxy) is 3. The first-order chi connectivity index (χ1) is 12.1. The Balaban J connectivity index is 1.76. The molecule has 5 heteroatoms. The topological polar surface area (TPSA) is 61.8 Å². The van der Waals surface area contributed by atoms with E-state index in [1.54, 1.807) is 13.8 Å². The van der Waals surface area contributed by atoms with E-state index in [2.05, 4.69) is 0 Å². The maximum Gasteiger partial charge on any atom is 0.337 e. The monoisotopic (exact) mass is 342 g/mol. The number of carbonyl (C=O) groups excluding carboxylic acids is 2. The van der Waals surface area contributed by atoms with Crippen molar-refractivity contribution in [2.45, 2.75) is 39.3 Å². The van der Waals surface area contributed by atoms with Gasteiger partial charge in [-0.1, -0.05) is 36.4 Å². The molecule has 0 amide bonds. The van der Waals surface area contributed by atoms with E-state index < -0.39 is 12.3 Å². The fourth-order valence-corrected chi connectivity index (χ4v) is 3.26. The van der Waals surface area contributed by atoms with Crippen molar-refractivity contribution in [3.05, 3.63) is 59.4 Å². The Kier molecular flexibility index (Phi) is 5.34. The summed E-state index contributed by atoms with van der Waals surface area (Å²) in [7, 11) is 0. The van der Waals surface area contributed by atoms with Gasteiger partial charge in [0.25, 0.3) is 0 Å². The smallest absolute Gasteiger partial charge is 0.337 e. The molecule has 1 aliphatic carbocycles. The van der Waals surface area contributed by atoms with Gasteiger partial charge in [0.2, 0.25) is 6.29 Å². The number of fused-ring (bicyclic) bond motifs is 1. The molecule has 0 aromatic heterocycles. The minimum atomic E-state index is -0.597. The Bertz CT molecular complexity index is 689. The highest BCUT2D eigenvalue weighted by Crippen LogP contribution is 2.43. The predicted octanol–water partition coefficient (Wildman–Crippen LogP) is 3.16. The second kappa shape index (κ2) is 7.66. The van der Waals surface area contributed by atoms with Gasteiger partial charge in [0.1, 0.15) is 6.29 Å². The van der Waals surface area contributed by atoms with Gasteiger partial charge in [-0.2, -0.15) is 0 Å². The van der Waals surface area contributed by atoms with E-state index in [-0.39, 0.29) is 17.9 Å². The lowest BCUT2D eigenvalue weighted by Crippen LogP contribution is -2.37. The summed E-state index contributed by atoms with van der Waals surface area (Å²) in [5, 5.41) is 0. The highest BCUT2D eigenvalue weighted by Gasteiger charge is 2.45. The van der Waals surface area contributed by atoms with Crippen LogP contribution in [0.3, 0.4) is 0 Å². The van der Waals surface area contributed by atoms with Crippen LogP contribution in [0.1, 0.15) is 25.8 Å². The molecule has 25 heavy (non-hydrogen) atoms. The average Bonchev–Trinajstić information content (AvgIpc) is 3.04. The van der Waals surface area contributed by atoms with Crippen molar-refractivity contribution in [2.75, 3.05) is 0 Å². The second-order valence-electron chi connectivity index (χ2n) is 6.52. The van der Waals surface area contributed by atoms with Gasteiger partial charge in [-0.05, 0) is 31.4 Å². The van der Waals surface area contributed by atoms with Gasteiger partial charge in [0.15, 0.2) is 0 Å². The van der Waals surface area contributed by atoms with Crippen LogP contribution in [-0.2, 0) is 30.4 Å². The van der Waals surface area contributed by atoms with E-state index in [1.807, 2.05) is 36.4 Å². The highest BCUT2D eigenvalue weighted by molar-refractivity contribution is 5.90. The molecule has 1 aromatic rings. The molecule has 2 aliphatic rings. The standard InChI is InChI=1S/C20H22O5/c1-13(2)25-19(22)17-12-24-20(18-15(10-21)8-9-16(17)18)23-11-14-6-4-3-5-7-14/h3-8,10,12-13,16,18,20H,9,11H2,1-2H3/t16-,18-,20-/m1/s1. The fourth-order valence-electron chi connectivity index (χ4n) is 3.26. The molecule has 0 fully saturated rings.